The first-order valence-electron chi connectivity index (χ1n) is 6.31. The molecule has 0 aromatic heterocycles. The maximum Gasteiger partial charge on any atom is 0.224 e. The van der Waals surface area contributed by atoms with Gasteiger partial charge in [0.05, 0.1) is 18.6 Å². The highest BCUT2D eigenvalue weighted by Crippen LogP contribution is 2.18. The number of nitrogens with one attached hydrogen (secondary N) is 1. The maximum absolute atomic E-state index is 11.9. The summed E-state index contributed by atoms with van der Waals surface area (Å²) in [7, 11) is 1.50. The highest BCUT2D eigenvalue weighted by atomic mass is 16.5. The average Bonchev–Trinajstić information content (AvgIpc) is 2.44. The van der Waals surface area contributed by atoms with Gasteiger partial charge in [-0.2, -0.15) is 0 Å². The second kappa shape index (κ2) is 7.89. The summed E-state index contributed by atoms with van der Waals surface area (Å²) in [5.74, 6) is -0.538. The second-order valence-electron chi connectivity index (χ2n) is 4.58. The van der Waals surface area contributed by atoms with Gasteiger partial charge in [0.15, 0.2) is 0 Å². The van der Waals surface area contributed by atoms with Crippen molar-refractivity contribution in [2.45, 2.75) is 19.1 Å². The molecule has 1 aromatic carbocycles. The number of amides is 1. The molecule has 0 aliphatic rings. The summed E-state index contributed by atoms with van der Waals surface area (Å²) in [5.41, 5.74) is 6.98. The van der Waals surface area contributed by atoms with Crippen LogP contribution in [0.15, 0.2) is 30.3 Å². The monoisotopic (exact) mass is 266 g/mol. The Labute approximate surface area is 113 Å². The Morgan fingerprint density at radius 2 is 2.05 bits per heavy atom. The van der Waals surface area contributed by atoms with E-state index in [-0.39, 0.29) is 31.0 Å². The van der Waals surface area contributed by atoms with E-state index in [1.807, 2.05) is 30.3 Å². The Bertz CT molecular complexity index is 384. The van der Waals surface area contributed by atoms with E-state index >= 15 is 0 Å². The molecule has 0 bridgehead atoms. The number of methoxy groups -OCH3 is 1. The standard InChI is InChI=1S/C14H22N2O3/c1-10(13(15)11-6-4-3-5-7-11)14(18)16-8-12(17)9-19-2/h3-7,10,12-13,17H,8-9,15H2,1-2H3,(H,16,18). The van der Waals surface area contributed by atoms with Crippen molar-refractivity contribution in [1.82, 2.24) is 5.32 Å². The number of aliphatic hydroxyl groups is 1. The van der Waals surface area contributed by atoms with Crippen LogP contribution in [0.1, 0.15) is 18.5 Å². The van der Waals surface area contributed by atoms with Gasteiger partial charge in [-0.25, -0.2) is 0 Å². The Kier molecular flexibility index (Phi) is 6.49. The van der Waals surface area contributed by atoms with Crippen LogP contribution in [0.2, 0.25) is 0 Å². The summed E-state index contributed by atoms with van der Waals surface area (Å²) in [5, 5.41) is 12.1. The molecule has 1 amide bonds. The normalized spacial score (nSPS) is 15.6. The highest BCUT2D eigenvalue weighted by Gasteiger charge is 2.22. The lowest BCUT2D eigenvalue weighted by Crippen LogP contribution is -2.40. The molecule has 5 heteroatoms. The predicted molar refractivity (Wildman–Crippen MR) is 73.4 cm³/mol. The molecule has 0 saturated carbocycles. The zero-order chi connectivity index (χ0) is 14.3. The summed E-state index contributed by atoms with van der Waals surface area (Å²) < 4.78 is 4.79. The van der Waals surface area contributed by atoms with E-state index in [0.717, 1.165) is 5.56 Å². The number of hydrogen-bond acceptors (Lipinski definition) is 4. The van der Waals surface area contributed by atoms with E-state index in [0.29, 0.717) is 0 Å². The fourth-order valence-electron chi connectivity index (χ4n) is 1.76. The van der Waals surface area contributed by atoms with Crippen molar-refractivity contribution < 1.29 is 14.6 Å². The van der Waals surface area contributed by atoms with Crippen LogP contribution < -0.4 is 11.1 Å². The van der Waals surface area contributed by atoms with E-state index < -0.39 is 6.10 Å². The topological polar surface area (TPSA) is 84.6 Å². The number of nitrogens with two attached hydrogens (primary N) is 1. The van der Waals surface area contributed by atoms with Crippen molar-refractivity contribution in [2.75, 3.05) is 20.3 Å². The minimum Gasteiger partial charge on any atom is -0.389 e. The third-order valence-corrected chi connectivity index (χ3v) is 3.01. The zero-order valence-electron chi connectivity index (χ0n) is 11.4. The Morgan fingerprint density at radius 1 is 1.42 bits per heavy atom. The number of carbonyl (C=O) groups excluding carboxylic acids is 1. The molecule has 19 heavy (non-hydrogen) atoms. The van der Waals surface area contributed by atoms with Gasteiger partial charge in [-0.05, 0) is 5.56 Å². The van der Waals surface area contributed by atoms with Crippen LogP contribution in [0.4, 0.5) is 0 Å². The molecule has 0 saturated heterocycles. The molecule has 0 fully saturated rings. The molecular formula is C14H22N2O3. The van der Waals surface area contributed by atoms with Crippen LogP contribution in [-0.2, 0) is 9.53 Å². The van der Waals surface area contributed by atoms with Gasteiger partial charge in [0.2, 0.25) is 5.91 Å². The number of aliphatic hydroxyl groups excluding tert-OH is 1. The van der Waals surface area contributed by atoms with E-state index in [9.17, 15) is 9.90 Å². The zero-order valence-corrected chi connectivity index (χ0v) is 11.4. The Balaban J connectivity index is 2.48. The molecule has 1 rings (SSSR count). The first-order chi connectivity index (χ1) is 9.06. The van der Waals surface area contributed by atoms with Crippen molar-refractivity contribution in [3.63, 3.8) is 0 Å². The summed E-state index contributed by atoms with van der Waals surface area (Å²) in [6, 6.07) is 9.12. The van der Waals surface area contributed by atoms with Gasteiger partial charge in [0.25, 0.3) is 0 Å². The molecule has 5 nitrogen and oxygen atoms in total. The van der Waals surface area contributed by atoms with Crippen LogP contribution in [0, 0.1) is 5.92 Å². The van der Waals surface area contributed by atoms with E-state index in [1.54, 1.807) is 6.92 Å². The largest absolute Gasteiger partial charge is 0.389 e. The summed E-state index contributed by atoms with van der Waals surface area (Å²) in [6.45, 7) is 2.13. The number of hydrogen-bond donors (Lipinski definition) is 3. The predicted octanol–water partition coefficient (Wildman–Crippen LogP) is 0.446. The third-order valence-electron chi connectivity index (χ3n) is 3.01. The molecule has 3 atom stereocenters. The average molecular weight is 266 g/mol. The highest BCUT2D eigenvalue weighted by molar-refractivity contribution is 5.79. The van der Waals surface area contributed by atoms with Gasteiger partial charge < -0.3 is 20.9 Å². The van der Waals surface area contributed by atoms with E-state index in [2.05, 4.69) is 5.32 Å². The third kappa shape index (κ3) is 4.98. The van der Waals surface area contributed by atoms with Crippen LogP contribution in [0.25, 0.3) is 0 Å². The Morgan fingerprint density at radius 3 is 2.63 bits per heavy atom. The minimum atomic E-state index is -0.700. The van der Waals surface area contributed by atoms with E-state index in [1.165, 1.54) is 7.11 Å². The lowest BCUT2D eigenvalue weighted by atomic mass is 9.94. The molecule has 3 unspecified atom stereocenters. The van der Waals surface area contributed by atoms with Crippen LogP contribution in [-0.4, -0.2) is 37.4 Å². The van der Waals surface area contributed by atoms with Crippen LogP contribution >= 0.6 is 0 Å². The molecule has 0 radical (unpaired) electrons. The Hall–Kier alpha value is -1.43. The fourth-order valence-corrected chi connectivity index (χ4v) is 1.76. The SMILES string of the molecule is COCC(O)CNC(=O)C(C)C(N)c1ccccc1. The molecule has 4 N–H and O–H groups in total. The maximum atomic E-state index is 11.9. The molecule has 106 valence electrons. The molecule has 0 aliphatic carbocycles. The first-order valence-corrected chi connectivity index (χ1v) is 6.31. The molecule has 0 heterocycles. The summed E-state index contributed by atoms with van der Waals surface area (Å²) in [6.07, 6.45) is -0.700. The fraction of sp³-hybridized carbons (Fsp3) is 0.500. The minimum absolute atomic E-state index is 0.165. The van der Waals surface area contributed by atoms with Crippen LogP contribution in [0.3, 0.4) is 0 Å². The van der Waals surface area contributed by atoms with Crippen molar-refractivity contribution >= 4 is 5.91 Å². The first kappa shape index (κ1) is 15.6. The molecule has 0 spiro atoms. The van der Waals surface area contributed by atoms with Gasteiger partial charge in [0.1, 0.15) is 0 Å². The van der Waals surface area contributed by atoms with Gasteiger partial charge in [-0.3, -0.25) is 4.79 Å². The molecular weight excluding hydrogens is 244 g/mol. The second-order valence-corrected chi connectivity index (χ2v) is 4.58. The quantitative estimate of drug-likeness (QED) is 0.669. The molecule has 1 aromatic rings. The molecule has 0 aliphatic heterocycles. The summed E-state index contributed by atoms with van der Waals surface area (Å²) in [4.78, 5) is 11.9. The van der Waals surface area contributed by atoms with Crippen molar-refractivity contribution in [2.24, 2.45) is 11.7 Å². The van der Waals surface area contributed by atoms with Crippen molar-refractivity contribution in [1.29, 1.82) is 0 Å². The lowest BCUT2D eigenvalue weighted by molar-refractivity contribution is -0.125. The number of rotatable bonds is 7. The van der Waals surface area contributed by atoms with Gasteiger partial charge in [0, 0.05) is 19.7 Å². The number of ether oxygens (including phenoxy) is 1. The number of carbonyl (C=O) groups is 1. The summed E-state index contributed by atoms with van der Waals surface area (Å²) >= 11 is 0. The lowest BCUT2D eigenvalue weighted by Gasteiger charge is -2.20. The smallest absolute Gasteiger partial charge is 0.224 e. The van der Waals surface area contributed by atoms with Gasteiger partial charge in [-0.15, -0.1) is 0 Å². The van der Waals surface area contributed by atoms with Crippen molar-refractivity contribution in [3.8, 4) is 0 Å². The van der Waals surface area contributed by atoms with Crippen molar-refractivity contribution in [3.05, 3.63) is 35.9 Å². The van der Waals surface area contributed by atoms with E-state index in [4.69, 9.17) is 10.5 Å². The van der Waals surface area contributed by atoms with Gasteiger partial charge >= 0.3 is 0 Å². The van der Waals surface area contributed by atoms with Crippen LogP contribution in [0.5, 0.6) is 0 Å². The number of benzene rings is 1. The van der Waals surface area contributed by atoms with Gasteiger partial charge in [-0.1, -0.05) is 37.3 Å².